The molecule has 3 aliphatic rings. The number of pyridine rings is 2. The molecule has 0 bridgehead atoms. The number of ether oxygens (including phenoxy) is 1. The number of carbonyl (C=O) groups is 4. The average Bonchev–Trinajstić information content (AvgIpc) is 2.84. The van der Waals surface area contributed by atoms with Crippen LogP contribution in [0.1, 0.15) is 34.4 Å². The number of imide groups is 2. The van der Waals surface area contributed by atoms with E-state index in [9.17, 15) is 24.3 Å². The summed E-state index contributed by atoms with van der Waals surface area (Å²) in [5, 5.41) is 23.7. The number of hydrogen-bond acceptors (Lipinski definition) is 10. The van der Waals surface area contributed by atoms with E-state index in [1.807, 2.05) is 0 Å². The third kappa shape index (κ3) is 3.31. The smallest absolute Gasteiger partial charge is 0.328 e. The van der Waals surface area contributed by atoms with Crippen molar-refractivity contribution in [3.05, 3.63) is 46.0 Å². The number of aromatic nitrogens is 2. The van der Waals surface area contributed by atoms with Gasteiger partial charge in [-0.3, -0.25) is 35.4 Å². The Kier molecular flexibility index (Phi) is 5.41. The molecule has 3 aliphatic heterocycles. The number of carbonyl (C=O) groups excluding carboxylic acids is 4. The maximum atomic E-state index is 13.2. The maximum absolute atomic E-state index is 13.2. The lowest BCUT2D eigenvalue weighted by molar-refractivity contribution is -0.151. The van der Waals surface area contributed by atoms with E-state index in [1.165, 1.54) is 18.3 Å². The van der Waals surface area contributed by atoms with Gasteiger partial charge in [-0.2, -0.15) is 0 Å². The number of urea groups is 1. The normalized spacial score (nSPS) is 22.4. The van der Waals surface area contributed by atoms with Gasteiger partial charge in [-0.1, -0.05) is 11.6 Å². The summed E-state index contributed by atoms with van der Waals surface area (Å²) < 4.78 is 5.74. The molecule has 0 saturated carbocycles. The summed E-state index contributed by atoms with van der Waals surface area (Å²) in [5.41, 5.74) is 3.65. The number of nitrogens with zero attached hydrogens (tertiary/aromatic N) is 3. The van der Waals surface area contributed by atoms with E-state index >= 15 is 0 Å². The summed E-state index contributed by atoms with van der Waals surface area (Å²) in [6.45, 7) is 2.19. The predicted molar refractivity (Wildman–Crippen MR) is 124 cm³/mol. The molecule has 1 unspecified atom stereocenters. The number of morpholine rings is 1. The zero-order valence-corrected chi connectivity index (χ0v) is 19.5. The van der Waals surface area contributed by atoms with Gasteiger partial charge in [-0.15, -0.1) is 0 Å². The van der Waals surface area contributed by atoms with Gasteiger partial charge in [-0.25, -0.2) is 9.78 Å². The van der Waals surface area contributed by atoms with Crippen molar-refractivity contribution in [2.45, 2.75) is 25.5 Å². The standard InChI is InChI=1S/C22H20ClN7O6/c1-8-17-22(19(33)28-21(35)29-20(22)34)6-11-15(30(17)4-5-36-8)12(23)16(31)14(27-11)13(24)9-2-3-10(18(25)32)26-7-9/h2-3,7-8,17,24,31H,4-6H2,1H3,(H2,25,32)(H2,28,29,33,34,35)/t8-,17?/m0/s1. The number of barbiturate groups is 1. The zero-order chi connectivity index (χ0) is 25.9. The maximum Gasteiger partial charge on any atom is 0.328 e. The van der Waals surface area contributed by atoms with Crippen LogP contribution in [-0.4, -0.2) is 69.8 Å². The first kappa shape index (κ1) is 23.6. The summed E-state index contributed by atoms with van der Waals surface area (Å²) in [7, 11) is 0. The Hall–Kier alpha value is -4.10. The third-order valence-corrected chi connectivity index (χ3v) is 7.06. The first-order chi connectivity index (χ1) is 17.1. The third-order valence-electron chi connectivity index (χ3n) is 6.70. The second-order valence-corrected chi connectivity index (χ2v) is 9.07. The monoisotopic (exact) mass is 513 g/mol. The molecule has 5 rings (SSSR count). The van der Waals surface area contributed by atoms with Gasteiger partial charge >= 0.3 is 6.03 Å². The van der Waals surface area contributed by atoms with Crippen LogP contribution in [0.15, 0.2) is 18.3 Å². The van der Waals surface area contributed by atoms with Crippen LogP contribution < -0.4 is 21.3 Å². The second kappa shape index (κ2) is 8.24. The van der Waals surface area contributed by atoms with E-state index < -0.39 is 47.1 Å². The number of rotatable bonds is 3. The second-order valence-electron chi connectivity index (χ2n) is 8.69. The molecular formula is C22H20ClN7O6. The molecule has 6 N–H and O–H groups in total. The van der Waals surface area contributed by atoms with Gasteiger partial charge in [-0.05, 0) is 19.1 Å². The van der Waals surface area contributed by atoms with Gasteiger partial charge in [0.1, 0.15) is 16.4 Å². The van der Waals surface area contributed by atoms with Gasteiger partial charge in [0, 0.05) is 24.7 Å². The number of aromatic hydroxyl groups is 1. The fourth-order valence-corrected chi connectivity index (χ4v) is 5.40. The van der Waals surface area contributed by atoms with Crippen molar-refractivity contribution in [2.24, 2.45) is 11.1 Å². The fraction of sp³-hybridized carbons (Fsp3) is 0.318. The summed E-state index contributed by atoms with van der Waals surface area (Å²) in [4.78, 5) is 59.6. The Morgan fingerprint density at radius 2 is 2.00 bits per heavy atom. The Balaban J connectivity index is 1.66. The molecule has 2 saturated heterocycles. The zero-order valence-electron chi connectivity index (χ0n) is 18.8. The topological polar surface area (TPSA) is 201 Å². The van der Waals surface area contributed by atoms with Crippen molar-refractivity contribution in [1.82, 2.24) is 20.6 Å². The Labute approximate surface area is 208 Å². The molecule has 2 fully saturated rings. The van der Waals surface area contributed by atoms with Gasteiger partial charge in [0.05, 0.1) is 35.8 Å². The number of nitrogens with two attached hydrogens (primary N) is 1. The molecule has 0 radical (unpaired) electrons. The van der Waals surface area contributed by atoms with E-state index in [0.717, 1.165) is 0 Å². The highest BCUT2D eigenvalue weighted by molar-refractivity contribution is 6.36. The van der Waals surface area contributed by atoms with Crippen LogP contribution in [0, 0.1) is 10.8 Å². The molecule has 2 atom stereocenters. The van der Waals surface area contributed by atoms with Crippen LogP contribution in [0.5, 0.6) is 5.75 Å². The molecular weight excluding hydrogens is 494 g/mol. The molecule has 5 amide bonds. The molecule has 186 valence electrons. The van der Waals surface area contributed by atoms with Crippen molar-refractivity contribution in [3.8, 4) is 5.75 Å². The lowest BCUT2D eigenvalue weighted by Gasteiger charge is -2.53. The van der Waals surface area contributed by atoms with E-state index in [0.29, 0.717) is 5.69 Å². The van der Waals surface area contributed by atoms with Crippen molar-refractivity contribution in [3.63, 3.8) is 0 Å². The van der Waals surface area contributed by atoms with E-state index in [-0.39, 0.29) is 53.0 Å². The minimum absolute atomic E-state index is 0.00880. The molecule has 2 aromatic rings. The lowest BCUT2D eigenvalue weighted by atomic mass is 9.67. The highest BCUT2D eigenvalue weighted by atomic mass is 35.5. The minimum atomic E-state index is -1.78. The number of hydrogen-bond donors (Lipinski definition) is 5. The molecule has 0 aromatic carbocycles. The number of nitrogens with one attached hydrogen (secondary N) is 3. The molecule has 14 heteroatoms. The van der Waals surface area contributed by atoms with Gasteiger partial charge in [0.2, 0.25) is 11.8 Å². The number of halogens is 1. The Bertz CT molecular complexity index is 1340. The van der Waals surface area contributed by atoms with Crippen molar-refractivity contribution in [2.75, 3.05) is 18.1 Å². The SMILES string of the molecule is C[C@@H]1OCCN2c3c(nc(C(=N)c4ccc(C(N)=O)nc4)c(O)c3Cl)CC3(C(=O)NC(=O)NC3=O)C12. The van der Waals surface area contributed by atoms with Crippen LogP contribution >= 0.6 is 11.6 Å². The lowest BCUT2D eigenvalue weighted by Crippen LogP contribution is -2.74. The summed E-state index contributed by atoms with van der Waals surface area (Å²) >= 11 is 6.60. The minimum Gasteiger partial charge on any atom is -0.504 e. The fourth-order valence-electron chi connectivity index (χ4n) is 5.10. The summed E-state index contributed by atoms with van der Waals surface area (Å²) in [6.07, 6.45) is 0.357. The van der Waals surface area contributed by atoms with Gasteiger partial charge in [0.25, 0.3) is 5.91 Å². The average molecular weight is 514 g/mol. The largest absolute Gasteiger partial charge is 0.504 e. The van der Waals surface area contributed by atoms with Crippen molar-refractivity contribution >= 4 is 46.8 Å². The molecule has 5 heterocycles. The number of amides is 5. The molecule has 0 aliphatic carbocycles. The van der Waals surface area contributed by atoms with Crippen LogP contribution in [0.4, 0.5) is 10.5 Å². The van der Waals surface area contributed by atoms with Gasteiger partial charge < -0.3 is 20.5 Å². The first-order valence-electron chi connectivity index (χ1n) is 10.9. The van der Waals surface area contributed by atoms with Crippen molar-refractivity contribution in [1.29, 1.82) is 5.41 Å². The highest BCUT2D eigenvalue weighted by Gasteiger charge is 2.63. The Morgan fingerprint density at radius 3 is 2.61 bits per heavy atom. The predicted octanol–water partition coefficient (Wildman–Crippen LogP) is -0.147. The first-order valence-corrected chi connectivity index (χ1v) is 11.3. The number of fused-ring (bicyclic) bond motifs is 4. The van der Waals surface area contributed by atoms with Crippen LogP contribution in [0.25, 0.3) is 0 Å². The van der Waals surface area contributed by atoms with Crippen molar-refractivity contribution < 1.29 is 29.0 Å². The molecule has 36 heavy (non-hydrogen) atoms. The van der Waals surface area contributed by atoms with Crippen LogP contribution in [0.2, 0.25) is 5.02 Å². The van der Waals surface area contributed by atoms with Crippen LogP contribution in [0.3, 0.4) is 0 Å². The number of anilines is 1. The van der Waals surface area contributed by atoms with E-state index in [2.05, 4.69) is 20.6 Å². The van der Waals surface area contributed by atoms with Crippen LogP contribution in [-0.2, 0) is 20.7 Å². The molecule has 13 nitrogen and oxygen atoms in total. The highest BCUT2D eigenvalue weighted by Crippen LogP contribution is 2.50. The Morgan fingerprint density at radius 1 is 1.31 bits per heavy atom. The van der Waals surface area contributed by atoms with E-state index in [1.54, 1.807) is 11.8 Å². The molecule has 1 spiro atoms. The summed E-state index contributed by atoms with van der Waals surface area (Å²) in [6, 6.07) is 0.967. The van der Waals surface area contributed by atoms with E-state index in [4.69, 9.17) is 27.5 Å². The number of primary amides is 1. The molecule has 2 aromatic heterocycles. The quantitative estimate of drug-likeness (QED) is 0.273. The van der Waals surface area contributed by atoms with Gasteiger partial charge in [0.15, 0.2) is 11.2 Å². The summed E-state index contributed by atoms with van der Waals surface area (Å²) in [5.74, 6) is -2.82.